The zero-order valence-electron chi connectivity index (χ0n) is 23.4. The smallest absolute Gasteiger partial charge is 0.256 e. The van der Waals surface area contributed by atoms with Gasteiger partial charge in [-0.2, -0.15) is 0 Å². The van der Waals surface area contributed by atoms with Gasteiger partial charge in [0.1, 0.15) is 16.9 Å². The Balaban J connectivity index is 1.45. The normalized spacial score (nSPS) is 14.7. The van der Waals surface area contributed by atoms with Crippen LogP contribution in [0.1, 0.15) is 40.4 Å². The van der Waals surface area contributed by atoms with Crippen molar-refractivity contribution < 1.29 is 19.1 Å². The second kappa shape index (κ2) is 13.3. The number of amides is 2. The number of methoxy groups -OCH3 is 1. The summed E-state index contributed by atoms with van der Waals surface area (Å²) < 4.78 is 5.31. The molecule has 0 spiro atoms. The number of aromatic nitrogens is 1. The van der Waals surface area contributed by atoms with Crippen molar-refractivity contribution in [1.82, 2.24) is 9.88 Å². The number of hydrogen-bond donors (Lipinski definition) is 1. The number of ketones is 1. The van der Waals surface area contributed by atoms with Gasteiger partial charge in [0, 0.05) is 30.3 Å². The van der Waals surface area contributed by atoms with E-state index in [-0.39, 0.29) is 23.4 Å². The molecule has 0 fully saturated rings. The van der Waals surface area contributed by atoms with Crippen molar-refractivity contribution >= 4 is 46.3 Å². The van der Waals surface area contributed by atoms with Crippen LogP contribution in [-0.4, -0.2) is 45.7 Å². The molecule has 1 aliphatic rings. The Labute approximate surface area is 249 Å². The monoisotopic (exact) mass is 577 g/mol. The molecule has 1 atom stereocenters. The third-order valence-corrected chi connectivity index (χ3v) is 8.21. The summed E-state index contributed by atoms with van der Waals surface area (Å²) in [5, 5.41) is 2.40. The van der Waals surface area contributed by atoms with Crippen molar-refractivity contribution in [3.05, 3.63) is 126 Å². The number of carbonyl (C=O) groups excluding carboxylic acids is 3. The van der Waals surface area contributed by atoms with Crippen LogP contribution in [0, 0.1) is 0 Å². The van der Waals surface area contributed by atoms with Gasteiger partial charge >= 0.3 is 0 Å². The molecule has 1 unspecified atom stereocenters. The number of nitrogens with zero attached hydrogens (tertiary/aromatic N) is 2. The summed E-state index contributed by atoms with van der Waals surface area (Å²) in [7, 11) is 1.62. The number of benzene rings is 3. The predicted molar refractivity (Wildman–Crippen MR) is 167 cm³/mol. The Morgan fingerprint density at radius 3 is 2.17 bits per heavy atom. The number of thioether (sulfide) groups is 1. The van der Waals surface area contributed by atoms with Crippen LogP contribution < -0.4 is 10.1 Å². The zero-order chi connectivity index (χ0) is 29.5. The van der Waals surface area contributed by atoms with Crippen molar-refractivity contribution in [2.75, 3.05) is 18.2 Å². The SMILES string of the molecule is CCC(=O)c1ccc(NC(=O)CSC2C(c3ccccc3)=C(c3ccccc3)C(=O)N2Cc2ccc(OC)cc2)nc1. The maximum absolute atomic E-state index is 14.2. The quantitative estimate of drug-likeness (QED) is 0.210. The highest BCUT2D eigenvalue weighted by molar-refractivity contribution is 8.01. The lowest BCUT2D eigenvalue weighted by molar-refractivity contribution is -0.124. The van der Waals surface area contributed by atoms with Crippen LogP contribution in [0.4, 0.5) is 5.82 Å². The van der Waals surface area contributed by atoms with Gasteiger partial charge in [0.25, 0.3) is 5.91 Å². The van der Waals surface area contributed by atoms with Crippen molar-refractivity contribution in [2.24, 2.45) is 0 Å². The van der Waals surface area contributed by atoms with Crippen molar-refractivity contribution in [3.8, 4) is 5.75 Å². The molecule has 212 valence electrons. The van der Waals surface area contributed by atoms with E-state index in [0.29, 0.717) is 29.9 Å². The molecule has 2 amide bonds. The minimum absolute atomic E-state index is 0.00627. The highest BCUT2D eigenvalue weighted by Crippen LogP contribution is 2.44. The fourth-order valence-electron chi connectivity index (χ4n) is 4.86. The average Bonchev–Trinajstić information content (AvgIpc) is 3.31. The zero-order valence-corrected chi connectivity index (χ0v) is 24.3. The third-order valence-electron chi connectivity index (χ3n) is 6.98. The molecule has 0 bridgehead atoms. The van der Waals surface area contributed by atoms with Crippen LogP contribution in [0.3, 0.4) is 0 Å². The lowest BCUT2D eigenvalue weighted by atomic mass is 9.97. The van der Waals surface area contributed by atoms with E-state index in [9.17, 15) is 14.4 Å². The summed E-state index contributed by atoms with van der Waals surface area (Å²) >= 11 is 1.39. The molecule has 1 aliphatic heterocycles. The number of carbonyl (C=O) groups is 3. The Kier molecular flexibility index (Phi) is 9.14. The maximum atomic E-state index is 14.2. The molecule has 1 N–H and O–H groups in total. The Bertz CT molecular complexity index is 1590. The number of Topliss-reactive ketones (excluding diaryl/α,β-unsaturated/α-hetero) is 1. The summed E-state index contributed by atoms with van der Waals surface area (Å²) in [6.07, 6.45) is 1.86. The van der Waals surface area contributed by atoms with Crippen LogP contribution in [0.25, 0.3) is 11.1 Å². The number of anilines is 1. The molecule has 4 aromatic rings. The molecule has 0 aliphatic carbocycles. The fraction of sp³-hybridized carbons (Fsp3) is 0.176. The number of nitrogens with one attached hydrogen (secondary N) is 1. The topological polar surface area (TPSA) is 88.6 Å². The van der Waals surface area contributed by atoms with Crippen LogP contribution >= 0.6 is 11.8 Å². The minimum atomic E-state index is -0.416. The van der Waals surface area contributed by atoms with E-state index in [2.05, 4.69) is 10.3 Å². The van der Waals surface area contributed by atoms with Crippen LogP contribution in [0.5, 0.6) is 5.75 Å². The van der Waals surface area contributed by atoms with Gasteiger partial charge in [-0.15, -0.1) is 11.8 Å². The van der Waals surface area contributed by atoms with E-state index in [1.54, 1.807) is 26.2 Å². The Hall–Kier alpha value is -4.69. The molecule has 0 saturated carbocycles. The molecule has 8 heteroatoms. The van der Waals surface area contributed by atoms with Gasteiger partial charge in [0.15, 0.2) is 5.78 Å². The number of ether oxygens (including phenoxy) is 1. The second-order valence-corrected chi connectivity index (χ2v) is 10.8. The molecule has 3 aromatic carbocycles. The Morgan fingerprint density at radius 2 is 1.57 bits per heavy atom. The molecule has 5 rings (SSSR count). The first kappa shape index (κ1) is 28.8. The summed E-state index contributed by atoms with van der Waals surface area (Å²) in [4.78, 5) is 45.2. The van der Waals surface area contributed by atoms with Gasteiger partial charge in [0.05, 0.1) is 18.4 Å². The summed E-state index contributed by atoms with van der Waals surface area (Å²) in [5.74, 6) is 0.851. The Morgan fingerprint density at radius 1 is 0.905 bits per heavy atom. The number of hydrogen-bond acceptors (Lipinski definition) is 6. The highest BCUT2D eigenvalue weighted by atomic mass is 32.2. The van der Waals surface area contributed by atoms with E-state index in [1.807, 2.05) is 89.8 Å². The molecular formula is C34H31N3O4S. The number of rotatable bonds is 11. The van der Waals surface area contributed by atoms with Gasteiger partial charge in [-0.25, -0.2) is 4.98 Å². The van der Waals surface area contributed by atoms with Gasteiger partial charge in [0.2, 0.25) is 5.91 Å². The summed E-state index contributed by atoms with van der Waals surface area (Å²) in [5.41, 5.74) is 4.73. The molecule has 0 saturated heterocycles. The third kappa shape index (κ3) is 6.44. The van der Waals surface area contributed by atoms with E-state index in [0.717, 1.165) is 28.0 Å². The van der Waals surface area contributed by atoms with Crippen LogP contribution in [-0.2, 0) is 16.1 Å². The summed E-state index contributed by atoms with van der Waals surface area (Å²) in [6, 6.07) is 30.4. The largest absolute Gasteiger partial charge is 0.497 e. The van der Waals surface area contributed by atoms with E-state index >= 15 is 0 Å². The standard InChI is InChI=1S/C34H31N3O4S/c1-3-28(38)26-16-19-29(35-20-26)36-30(39)22-42-34-32(25-12-8-5-9-13-25)31(24-10-6-4-7-11-24)33(40)37(34)21-23-14-17-27(41-2)18-15-23/h4-20,34H,3,21-22H2,1-2H3,(H,35,36,39). The predicted octanol–water partition coefficient (Wildman–Crippen LogP) is 6.33. The number of pyridine rings is 1. The lowest BCUT2D eigenvalue weighted by Gasteiger charge is -2.27. The average molecular weight is 578 g/mol. The van der Waals surface area contributed by atoms with Crippen LogP contribution in [0.15, 0.2) is 103 Å². The molecular weight excluding hydrogens is 546 g/mol. The van der Waals surface area contributed by atoms with Gasteiger partial charge in [-0.05, 0) is 41.0 Å². The first-order valence-corrected chi connectivity index (χ1v) is 14.7. The van der Waals surface area contributed by atoms with Gasteiger partial charge < -0.3 is 15.0 Å². The van der Waals surface area contributed by atoms with Crippen molar-refractivity contribution in [1.29, 1.82) is 0 Å². The molecule has 42 heavy (non-hydrogen) atoms. The van der Waals surface area contributed by atoms with E-state index in [4.69, 9.17) is 4.74 Å². The minimum Gasteiger partial charge on any atom is -0.497 e. The van der Waals surface area contributed by atoms with E-state index in [1.165, 1.54) is 18.0 Å². The fourth-order valence-corrected chi connectivity index (χ4v) is 6.01. The maximum Gasteiger partial charge on any atom is 0.256 e. The first-order chi connectivity index (χ1) is 20.5. The first-order valence-electron chi connectivity index (χ1n) is 13.7. The molecule has 1 aromatic heterocycles. The van der Waals surface area contributed by atoms with Crippen molar-refractivity contribution in [3.63, 3.8) is 0 Å². The summed E-state index contributed by atoms with van der Waals surface area (Å²) in [6.45, 7) is 2.16. The van der Waals surface area contributed by atoms with Gasteiger partial charge in [-0.1, -0.05) is 79.7 Å². The molecule has 2 heterocycles. The molecule has 0 radical (unpaired) electrons. The van der Waals surface area contributed by atoms with Crippen molar-refractivity contribution in [2.45, 2.75) is 25.3 Å². The second-order valence-electron chi connectivity index (χ2n) is 9.72. The highest BCUT2D eigenvalue weighted by Gasteiger charge is 2.40. The van der Waals surface area contributed by atoms with E-state index < -0.39 is 5.37 Å². The van der Waals surface area contributed by atoms with Gasteiger partial charge in [-0.3, -0.25) is 14.4 Å². The van der Waals surface area contributed by atoms with Crippen LogP contribution in [0.2, 0.25) is 0 Å². The molecule has 7 nitrogen and oxygen atoms in total. The lowest BCUT2D eigenvalue weighted by Crippen LogP contribution is -2.34.